The summed E-state index contributed by atoms with van der Waals surface area (Å²) in [4.78, 5) is 22.9. The van der Waals surface area contributed by atoms with Gasteiger partial charge in [-0.3, -0.25) is 0 Å². The van der Waals surface area contributed by atoms with Crippen LogP contribution in [0.15, 0.2) is 30.3 Å². The highest BCUT2D eigenvalue weighted by atomic mass is 16.4. The summed E-state index contributed by atoms with van der Waals surface area (Å²) >= 11 is 0. The number of aliphatic carboxylic acids is 1. The van der Waals surface area contributed by atoms with Crippen LogP contribution in [0, 0.1) is 5.92 Å². The first-order chi connectivity index (χ1) is 9.66. The molecule has 0 aliphatic heterocycles. The summed E-state index contributed by atoms with van der Waals surface area (Å²) in [6, 6.07) is 7.23. The van der Waals surface area contributed by atoms with Crippen LogP contribution in [0.2, 0.25) is 0 Å². The van der Waals surface area contributed by atoms with Crippen LogP contribution in [0.1, 0.15) is 37.3 Å². The molecule has 1 aliphatic rings. The topological polar surface area (TPSA) is 78.4 Å². The number of rotatable bonds is 7. The van der Waals surface area contributed by atoms with Crippen molar-refractivity contribution in [2.24, 2.45) is 5.92 Å². The Balaban J connectivity index is 1.78. The first-order valence-corrected chi connectivity index (χ1v) is 6.99. The predicted molar refractivity (Wildman–Crippen MR) is 75.3 cm³/mol. The summed E-state index contributed by atoms with van der Waals surface area (Å²) in [7, 11) is 0. The quantitative estimate of drug-likeness (QED) is 0.669. The van der Waals surface area contributed by atoms with Crippen LogP contribution in [0.3, 0.4) is 0 Å². The first-order valence-electron chi connectivity index (χ1n) is 6.99. The lowest BCUT2D eigenvalue weighted by Gasteiger charge is -2.15. The number of carbonyl (C=O) groups is 2. The van der Waals surface area contributed by atoms with Crippen LogP contribution in [-0.4, -0.2) is 23.7 Å². The standard InChI is InChI=1S/C15H20N2O3/c18-14(19)13(12-6-2-1-3-7-12)17-15(20)16-10-4-5-11-8-9-11/h1-3,6-7,11,13H,4-5,8-10H2,(H,18,19)(H2,16,17,20). The molecule has 1 aromatic carbocycles. The molecule has 2 amide bonds. The van der Waals surface area contributed by atoms with Crippen molar-refractivity contribution in [1.82, 2.24) is 10.6 Å². The Labute approximate surface area is 118 Å². The highest BCUT2D eigenvalue weighted by Gasteiger charge is 2.22. The lowest BCUT2D eigenvalue weighted by Crippen LogP contribution is -2.41. The summed E-state index contributed by atoms with van der Waals surface area (Å²) < 4.78 is 0. The molecule has 5 heteroatoms. The Morgan fingerprint density at radius 2 is 1.95 bits per heavy atom. The molecular weight excluding hydrogens is 256 g/mol. The van der Waals surface area contributed by atoms with Gasteiger partial charge >= 0.3 is 12.0 Å². The van der Waals surface area contributed by atoms with Crippen LogP contribution in [0.4, 0.5) is 4.79 Å². The van der Waals surface area contributed by atoms with E-state index in [1.165, 1.54) is 12.8 Å². The minimum Gasteiger partial charge on any atom is -0.479 e. The fourth-order valence-corrected chi connectivity index (χ4v) is 2.11. The second-order valence-corrected chi connectivity index (χ2v) is 5.17. The van der Waals surface area contributed by atoms with Crippen molar-refractivity contribution >= 4 is 12.0 Å². The molecular formula is C15H20N2O3. The van der Waals surface area contributed by atoms with E-state index < -0.39 is 18.0 Å². The number of amides is 2. The Morgan fingerprint density at radius 1 is 1.25 bits per heavy atom. The fourth-order valence-electron chi connectivity index (χ4n) is 2.11. The third kappa shape index (κ3) is 4.57. The molecule has 1 saturated carbocycles. The van der Waals surface area contributed by atoms with Crippen molar-refractivity contribution < 1.29 is 14.7 Å². The molecule has 20 heavy (non-hydrogen) atoms. The Hall–Kier alpha value is -2.04. The summed E-state index contributed by atoms with van der Waals surface area (Å²) in [6.45, 7) is 0.587. The van der Waals surface area contributed by atoms with E-state index >= 15 is 0 Å². The second-order valence-electron chi connectivity index (χ2n) is 5.17. The highest BCUT2D eigenvalue weighted by molar-refractivity contribution is 5.83. The maximum atomic E-state index is 11.7. The van der Waals surface area contributed by atoms with Crippen molar-refractivity contribution in [3.05, 3.63) is 35.9 Å². The summed E-state index contributed by atoms with van der Waals surface area (Å²) in [5.74, 6) is -0.222. The molecule has 0 aromatic heterocycles. The predicted octanol–water partition coefficient (Wildman–Crippen LogP) is 2.30. The fraction of sp³-hybridized carbons (Fsp3) is 0.467. The van der Waals surface area contributed by atoms with Crippen molar-refractivity contribution in [2.75, 3.05) is 6.54 Å². The van der Waals surface area contributed by atoms with Gasteiger partial charge in [0.2, 0.25) is 0 Å². The summed E-state index contributed by atoms with van der Waals surface area (Å²) in [5.41, 5.74) is 0.563. The van der Waals surface area contributed by atoms with Crippen LogP contribution in [0.25, 0.3) is 0 Å². The van der Waals surface area contributed by atoms with Crippen LogP contribution >= 0.6 is 0 Å². The van der Waals surface area contributed by atoms with E-state index in [-0.39, 0.29) is 0 Å². The normalized spacial score (nSPS) is 15.4. The molecule has 0 saturated heterocycles. The zero-order valence-electron chi connectivity index (χ0n) is 11.3. The molecule has 5 nitrogen and oxygen atoms in total. The molecule has 0 spiro atoms. The Bertz CT molecular complexity index is 457. The van der Waals surface area contributed by atoms with Gasteiger partial charge in [-0.15, -0.1) is 0 Å². The number of nitrogens with one attached hydrogen (secondary N) is 2. The zero-order chi connectivity index (χ0) is 14.4. The van der Waals surface area contributed by atoms with E-state index in [4.69, 9.17) is 0 Å². The molecule has 3 N–H and O–H groups in total. The van der Waals surface area contributed by atoms with Crippen LogP contribution in [0.5, 0.6) is 0 Å². The van der Waals surface area contributed by atoms with E-state index in [1.54, 1.807) is 30.3 Å². The van der Waals surface area contributed by atoms with E-state index in [2.05, 4.69) is 10.6 Å². The van der Waals surface area contributed by atoms with Gasteiger partial charge in [-0.2, -0.15) is 0 Å². The molecule has 0 radical (unpaired) electrons. The maximum absolute atomic E-state index is 11.7. The average molecular weight is 276 g/mol. The van der Waals surface area contributed by atoms with Gasteiger partial charge < -0.3 is 15.7 Å². The maximum Gasteiger partial charge on any atom is 0.330 e. The molecule has 1 atom stereocenters. The molecule has 1 fully saturated rings. The van der Waals surface area contributed by atoms with E-state index in [1.807, 2.05) is 0 Å². The average Bonchev–Trinajstić information content (AvgIpc) is 3.26. The molecule has 1 aliphatic carbocycles. The van der Waals surface area contributed by atoms with Gasteiger partial charge in [0, 0.05) is 6.54 Å². The van der Waals surface area contributed by atoms with Crippen LogP contribution in [-0.2, 0) is 4.79 Å². The lowest BCUT2D eigenvalue weighted by atomic mass is 10.1. The van der Waals surface area contributed by atoms with E-state index in [0.717, 1.165) is 18.8 Å². The van der Waals surface area contributed by atoms with E-state index in [9.17, 15) is 14.7 Å². The third-order valence-corrected chi connectivity index (χ3v) is 3.43. The minimum absolute atomic E-state index is 0.433. The first kappa shape index (κ1) is 14.4. The third-order valence-electron chi connectivity index (χ3n) is 3.43. The number of carbonyl (C=O) groups excluding carboxylic acids is 1. The minimum atomic E-state index is -1.07. The highest BCUT2D eigenvalue weighted by Crippen LogP contribution is 2.33. The monoisotopic (exact) mass is 276 g/mol. The second kappa shape index (κ2) is 6.93. The van der Waals surface area contributed by atoms with Crippen LogP contribution < -0.4 is 10.6 Å². The van der Waals surface area contributed by atoms with Crippen molar-refractivity contribution in [3.63, 3.8) is 0 Å². The Morgan fingerprint density at radius 3 is 2.55 bits per heavy atom. The van der Waals surface area contributed by atoms with Crippen molar-refractivity contribution in [3.8, 4) is 0 Å². The van der Waals surface area contributed by atoms with E-state index in [0.29, 0.717) is 12.1 Å². The van der Waals surface area contributed by atoms with Crippen molar-refractivity contribution in [1.29, 1.82) is 0 Å². The summed E-state index contributed by atoms with van der Waals surface area (Å²) in [6.07, 6.45) is 4.70. The van der Waals surface area contributed by atoms with Gasteiger partial charge in [0.25, 0.3) is 0 Å². The SMILES string of the molecule is O=C(NCCCC1CC1)NC(C(=O)O)c1ccccc1. The molecule has 108 valence electrons. The number of carboxylic acids is 1. The molecule has 2 rings (SSSR count). The molecule has 0 heterocycles. The number of benzene rings is 1. The van der Waals surface area contributed by atoms with Gasteiger partial charge in [0.1, 0.15) is 0 Å². The van der Waals surface area contributed by atoms with Gasteiger partial charge in [0.15, 0.2) is 6.04 Å². The lowest BCUT2D eigenvalue weighted by molar-refractivity contribution is -0.139. The zero-order valence-corrected chi connectivity index (χ0v) is 11.3. The van der Waals surface area contributed by atoms with Gasteiger partial charge in [-0.1, -0.05) is 43.2 Å². The Kier molecular flexibility index (Phi) is 4.98. The number of carboxylic acid groups (broad SMARTS) is 1. The van der Waals surface area contributed by atoms with Gasteiger partial charge in [-0.05, 0) is 24.3 Å². The number of hydrogen-bond donors (Lipinski definition) is 3. The number of hydrogen-bond acceptors (Lipinski definition) is 2. The largest absolute Gasteiger partial charge is 0.479 e. The number of urea groups is 1. The molecule has 0 bridgehead atoms. The molecule has 1 aromatic rings. The van der Waals surface area contributed by atoms with Gasteiger partial charge in [0.05, 0.1) is 0 Å². The van der Waals surface area contributed by atoms with Crippen molar-refractivity contribution in [2.45, 2.75) is 31.7 Å². The summed E-state index contributed by atoms with van der Waals surface area (Å²) in [5, 5.41) is 14.4. The van der Waals surface area contributed by atoms with Gasteiger partial charge in [-0.25, -0.2) is 9.59 Å². The molecule has 1 unspecified atom stereocenters. The smallest absolute Gasteiger partial charge is 0.330 e.